The van der Waals surface area contributed by atoms with Gasteiger partial charge in [-0.25, -0.2) is 8.42 Å². The molecule has 1 rings (SSSR count). The van der Waals surface area contributed by atoms with E-state index in [9.17, 15) is 13.2 Å². The summed E-state index contributed by atoms with van der Waals surface area (Å²) in [4.78, 5) is 12.0. The summed E-state index contributed by atoms with van der Waals surface area (Å²) >= 11 is 1.63. The Bertz CT molecular complexity index is 541. The van der Waals surface area contributed by atoms with E-state index < -0.39 is 15.9 Å². The summed E-state index contributed by atoms with van der Waals surface area (Å²) in [5, 5.41) is 2.68. The second kappa shape index (κ2) is 7.66. The van der Waals surface area contributed by atoms with Crippen molar-refractivity contribution >= 4 is 33.2 Å². The number of amides is 1. The molecule has 0 aromatic heterocycles. The van der Waals surface area contributed by atoms with Crippen molar-refractivity contribution in [3.8, 4) is 0 Å². The lowest BCUT2D eigenvalue weighted by Crippen LogP contribution is -2.36. The fourth-order valence-electron chi connectivity index (χ4n) is 1.52. The van der Waals surface area contributed by atoms with Crippen molar-refractivity contribution in [2.45, 2.75) is 24.3 Å². The molecule has 0 bridgehead atoms. The fourth-order valence-corrected chi connectivity index (χ4v) is 2.90. The molecular formula is C13H20N2O3S2. The normalized spacial score (nSPS) is 12.9. The van der Waals surface area contributed by atoms with Crippen molar-refractivity contribution in [2.75, 3.05) is 23.1 Å². The lowest BCUT2D eigenvalue weighted by atomic mass is 10.2. The van der Waals surface area contributed by atoms with E-state index in [-0.39, 0.29) is 16.6 Å². The van der Waals surface area contributed by atoms with Crippen LogP contribution in [0.1, 0.15) is 13.3 Å². The Balaban J connectivity index is 2.68. The smallest absolute Gasteiger partial charge is 0.241 e. The highest BCUT2D eigenvalue weighted by atomic mass is 32.2. The first-order valence-electron chi connectivity index (χ1n) is 6.29. The van der Waals surface area contributed by atoms with E-state index in [2.05, 4.69) is 5.32 Å². The molecule has 112 valence electrons. The summed E-state index contributed by atoms with van der Waals surface area (Å²) in [7, 11) is -3.21. The number of nitrogens with one attached hydrogen (secondary N) is 1. The number of anilines is 1. The second-order valence-corrected chi connectivity index (χ2v) is 7.57. The zero-order chi connectivity index (χ0) is 15.2. The molecule has 0 radical (unpaired) electrons. The molecule has 7 heteroatoms. The van der Waals surface area contributed by atoms with Crippen molar-refractivity contribution in [1.29, 1.82) is 0 Å². The Morgan fingerprint density at radius 1 is 1.35 bits per heavy atom. The predicted molar refractivity (Wildman–Crippen MR) is 83.8 cm³/mol. The van der Waals surface area contributed by atoms with Gasteiger partial charge < -0.3 is 11.1 Å². The fraction of sp³-hybridized carbons (Fsp3) is 0.462. The van der Waals surface area contributed by atoms with E-state index >= 15 is 0 Å². The monoisotopic (exact) mass is 316 g/mol. The predicted octanol–water partition coefficient (Wildman–Crippen LogP) is 1.50. The van der Waals surface area contributed by atoms with Crippen molar-refractivity contribution in [1.82, 2.24) is 0 Å². The molecule has 5 nitrogen and oxygen atoms in total. The minimum Gasteiger partial charge on any atom is -0.325 e. The number of hydrogen-bond acceptors (Lipinski definition) is 5. The number of hydrogen-bond donors (Lipinski definition) is 2. The third-order valence-electron chi connectivity index (χ3n) is 2.83. The number of nitrogens with two attached hydrogens (primary N) is 1. The van der Waals surface area contributed by atoms with Crippen LogP contribution in [-0.2, 0) is 14.6 Å². The number of benzene rings is 1. The first kappa shape index (κ1) is 17.0. The molecule has 0 saturated carbocycles. The summed E-state index contributed by atoms with van der Waals surface area (Å²) in [5.41, 5.74) is 6.30. The van der Waals surface area contributed by atoms with Gasteiger partial charge >= 0.3 is 0 Å². The molecule has 20 heavy (non-hydrogen) atoms. The summed E-state index contributed by atoms with van der Waals surface area (Å²) < 4.78 is 23.3. The van der Waals surface area contributed by atoms with Gasteiger partial charge in [0.1, 0.15) is 0 Å². The van der Waals surface area contributed by atoms with Crippen LogP contribution in [-0.4, -0.2) is 38.1 Å². The highest BCUT2D eigenvalue weighted by molar-refractivity contribution is 7.98. The zero-order valence-corrected chi connectivity index (χ0v) is 13.3. The molecule has 0 fully saturated rings. The van der Waals surface area contributed by atoms with Crippen LogP contribution < -0.4 is 11.1 Å². The molecule has 0 aliphatic heterocycles. The summed E-state index contributed by atoms with van der Waals surface area (Å²) in [6.45, 7) is 1.59. The molecule has 1 atom stereocenters. The minimum atomic E-state index is -3.21. The van der Waals surface area contributed by atoms with Gasteiger partial charge in [-0.1, -0.05) is 6.92 Å². The maximum atomic E-state index is 11.8. The van der Waals surface area contributed by atoms with Gasteiger partial charge in [0.05, 0.1) is 16.7 Å². The van der Waals surface area contributed by atoms with E-state index in [4.69, 9.17) is 5.73 Å². The Hall–Kier alpha value is -1.05. The third kappa shape index (κ3) is 4.81. The highest BCUT2D eigenvalue weighted by Crippen LogP contribution is 2.15. The Morgan fingerprint density at radius 3 is 2.45 bits per heavy atom. The molecule has 0 aliphatic carbocycles. The first-order valence-corrected chi connectivity index (χ1v) is 9.33. The molecule has 1 aromatic carbocycles. The summed E-state index contributed by atoms with van der Waals surface area (Å²) in [5.74, 6) is 0.616. The van der Waals surface area contributed by atoms with Crippen LogP contribution in [0.2, 0.25) is 0 Å². The lowest BCUT2D eigenvalue weighted by molar-refractivity contribution is -0.117. The van der Waals surface area contributed by atoms with Gasteiger partial charge in [0, 0.05) is 5.69 Å². The van der Waals surface area contributed by atoms with Gasteiger partial charge in [0.15, 0.2) is 9.84 Å². The number of thioether (sulfide) groups is 1. The molecule has 0 saturated heterocycles. The van der Waals surface area contributed by atoms with E-state index in [1.807, 2.05) is 6.26 Å². The lowest BCUT2D eigenvalue weighted by Gasteiger charge is -2.12. The molecule has 0 aliphatic rings. The van der Waals surface area contributed by atoms with E-state index in [1.54, 1.807) is 30.8 Å². The van der Waals surface area contributed by atoms with Crippen LogP contribution in [0, 0.1) is 0 Å². The second-order valence-electron chi connectivity index (χ2n) is 4.31. The number of sulfone groups is 1. The SMILES string of the molecule is CCS(=O)(=O)c1ccc(NC(=O)[C@@H](N)CCSC)cc1. The van der Waals surface area contributed by atoms with Gasteiger partial charge in [-0.3, -0.25) is 4.79 Å². The molecule has 1 amide bonds. The van der Waals surface area contributed by atoms with Crippen LogP contribution in [0.3, 0.4) is 0 Å². The number of carbonyl (C=O) groups is 1. The molecule has 0 unspecified atom stereocenters. The first-order chi connectivity index (χ1) is 9.40. The van der Waals surface area contributed by atoms with Gasteiger partial charge in [-0.05, 0) is 42.7 Å². The van der Waals surface area contributed by atoms with E-state index in [0.29, 0.717) is 12.1 Å². The number of carbonyl (C=O) groups excluding carboxylic acids is 1. The Labute approximate surface area is 124 Å². The number of rotatable bonds is 7. The largest absolute Gasteiger partial charge is 0.325 e. The van der Waals surface area contributed by atoms with Crippen molar-refractivity contribution in [3.05, 3.63) is 24.3 Å². The summed E-state index contributed by atoms with van der Waals surface area (Å²) in [6.07, 6.45) is 2.56. The highest BCUT2D eigenvalue weighted by Gasteiger charge is 2.14. The average Bonchev–Trinajstić information content (AvgIpc) is 2.45. The Morgan fingerprint density at radius 2 is 1.95 bits per heavy atom. The van der Waals surface area contributed by atoms with Crippen LogP contribution in [0.15, 0.2) is 29.2 Å². The van der Waals surface area contributed by atoms with Crippen LogP contribution >= 0.6 is 11.8 Å². The van der Waals surface area contributed by atoms with Crippen LogP contribution in [0.4, 0.5) is 5.69 Å². The van der Waals surface area contributed by atoms with E-state index in [0.717, 1.165) is 5.75 Å². The zero-order valence-electron chi connectivity index (χ0n) is 11.6. The summed E-state index contributed by atoms with van der Waals surface area (Å²) in [6, 6.07) is 5.56. The van der Waals surface area contributed by atoms with Crippen molar-refractivity contribution < 1.29 is 13.2 Å². The molecule has 1 aromatic rings. The standard InChI is InChI=1S/C13H20N2O3S2/c1-3-20(17,18)11-6-4-10(5-7-11)15-13(16)12(14)8-9-19-2/h4-7,12H,3,8-9,14H2,1-2H3,(H,15,16)/t12-/m0/s1. The van der Waals surface area contributed by atoms with Gasteiger partial charge in [0.25, 0.3) is 0 Å². The van der Waals surface area contributed by atoms with Crippen molar-refractivity contribution in [2.24, 2.45) is 5.73 Å². The van der Waals surface area contributed by atoms with Crippen LogP contribution in [0.5, 0.6) is 0 Å². The third-order valence-corrected chi connectivity index (χ3v) is 5.23. The van der Waals surface area contributed by atoms with E-state index in [1.165, 1.54) is 12.1 Å². The maximum Gasteiger partial charge on any atom is 0.241 e. The van der Waals surface area contributed by atoms with Gasteiger partial charge in [0.2, 0.25) is 5.91 Å². The quantitative estimate of drug-likeness (QED) is 0.795. The van der Waals surface area contributed by atoms with Gasteiger partial charge in [-0.2, -0.15) is 11.8 Å². The van der Waals surface area contributed by atoms with Crippen molar-refractivity contribution in [3.63, 3.8) is 0 Å². The molecule has 3 N–H and O–H groups in total. The van der Waals surface area contributed by atoms with Crippen LogP contribution in [0.25, 0.3) is 0 Å². The maximum absolute atomic E-state index is 11.8. The molecular weight excluding hydrogens is 296 g/mol. The minimum absolute atomic E-state index is 0.0538. The molecule has 0 spiro atoms. The molecule has 0 heterocycles. The van der Waals surface area contributed by atoms with Gasteiger partial charge in [-0.15, -0.1) is 0 Å². The topological polar surface area (TPSA) is 89.3 Å². The average molecular weight is 316 g/mol. The Kier molecular flexibility index (Phi) is 6.51.